The molecule has 3 rings (SSSR count). The maximum atomic E-state index is 12.6. The lowest BCUT2D eigenvalue weighted by atomic mass is 10.0. The standard InChI is InChI=1S/C21H23NO7S/c1-4-28-21(25)18-14(13-7-8-15(26-2)16(9-13)27-3)11-30-19(18)22-17(23)10-29-20(24)12-5-6-12/h7-9,11-12H,4-6,10H2,1-3H3,(H,22,23). The molecule has 1 heterocycles. The van der Waals surface area contributed by atoms with E-state index in [1.165, 1.54) is 25.6 Å². The minimum absolute atomic E-state index is 0.0914. The molecule has 0 radical (unpaired) electrons. The summed E-state index contributed by atoms with van der Waals surface area (Å²) in [7, 11) is 3.06. The van der Waals surface area contributed by atoms with Crippen LogP contribution in [0.25, 0.3) is 11.1 Å². The lowest BCUT2D eigenvalue weighted by Crippen LogP contribution is -2.22. The molecular formula is C21H23NO7S. The maximum Gasteiger partial charge on any atom is 0.341 e. The lowest BCUT2D eigenvalue weighted by molar-refractivity contribution is -0.148. The summed E-state index contributed by atoms with van der Waals surface area (Å²) in [6, 6.07) is 5.26. The fraction of sp³-hybridized carbons (Fsp3) is 0.381. The van der Waals surface area contributed by atoms with Crippen molar-refractivity contribution in [3.63, 3.8) is 0 Å². The third-order valence-electron chi connectivity index (χ3n) is 4.47. The summed E-state index contributed by atoms with van der Waals surface area (Å²) in [6.07, 6.45) is 1.60. The molecule has 1 aliphatic rings. The van der Waals surface area contributed by atoms with Crippen LogP contribution in [0.3, 0.4) is 0 Å². The van der Waals surface area contributed by atoms with Gasteiger partial charge in [0.2, 0.25) is 0 Å². The number of nitrogens with one attached hydrogen (secondary N) is 1. The molecule has 1 amide bonds. The summed E-state index contributed by atoms with van der Waals surface area (Å²) >= 11 is 1.18. The Morgan fingerprint density at radius 1 is 1.10 bits per heavy atom. The molecule has 0 atom stereocenters. The SMILES string of the molecule is CCOC(=O)c1c(-c2ccc(OC)c(OC)c2)csc1NC(=O)COC(=O)C1CC1. The molecule has 1 N–H and O–H groups in total. The molecule has 30 heavy (non-hydrogen) atoms. The van der Waals surface area contributed by atoms with Gasteiger partial charge in [-0.15, -0.1) is 11.3 Å². The van der Waals surface area contributed by atoms with E-state index < -0.39 is 18.5 Å². The van der Waals surface area contributed by atoms with E-state index in [1.54, 1.807) is 30.5 Å². The van der Waals surface area contributed by atoms with Crippen LogP contribution in [0, 0.1) is 5.92 Å². The van der Waals surface area contributed by atoms with Crippen molar-refractivity contribution >= 4 is 34.2 Å². The van der Waals surface area contributed by atoms with Crippen molar-refractivity contribution in [1.29, 1.82) is 0 Å². The number of benzene rings is 1. The smallest absolute Gasteiger partial charge is 0.341 e. The number of anilines is 1. The van der Waals surface area contributed by atoms with Crippen molar-refractivity contribution in [2.45, 2.75) is 19.8 Å². The van der Waals surface area contributed by atoms with Crippen LogP contribution >= 0.6 is 11.3 Å². The molecule has 0 unspecified atom stereocenters. The highest BCUT2D eigenvalue weighted by molar-refractivity contribution is 7.15. The predicted octanol–water partition coefficient (Wildman–Crippen LogP) is 3.50. The van der Waals surface area contributed by atoms with Crippen molar-refractivity contribution in [3.8, 4) is 22.6 Å². The molecule has 1 aromatic heterocycles. The predicted molar refractivity (Wildman–Crippen MR) is 111 cm³/mol. The Bertz CT molecular complexity index is 949. The minimum Gasteiger partial charge on any atom is -0.493 e. The molecular weight excluding hydrogens is 410 g/mol. The Morgan fingerprint density at radius 2 is 1.83 bits per heavy atom. The molecule has 8 nitrogen and oxygen atoms in total. The molecule has 0 spiro atoms. The van der Waals surface area contributed by atoms with Crippen molar-refractivity contribution in [3.05, 3.63) is 29.1 Å². The third-order valence-corrected chi connectivity index (χ3v) is 5.37. The number of ether oxygens (including phenoxy) is 4. The van der Waals surface area contributed by atoms with Gasteiger partial charge in [-0.2, -0.15) is 0 Å². The first kappa shape index (κ1) is 21.6. The first-order valence-corrected chi connectivity index (χ1v) is 10.3. The Labute approximate surface area is 178 Å². The van der Waals surface area contributed by atoms with E-state index in [-0.39, 0.29) is 24.1 Å². The number of carbonyl (C=O) groups excluding carboxylic acids is 3. The summed E-state index contributed by atoms with van der Waals surface area (Å²) in [4.78, 5) is 36.5. The summed E-state index contributed by atoms with van der Waals surface area (Å²) in [5.74, 6) is -0.475. The van der Waals surface area contributed by atoms with Gasteiger partial charge in [0.05, 0.1) is 26.7 Å². The first-order chi connectivity index (χ1) is 14.5. The topological polar surface area (TPSA) is 100 Å². The summed E-state index contributed by atoms with van der Waals surface area (Å²) in [5, 5.41) is 4.73. The van der Waals surface area contributed by atoms with Gasteiger partial charge in [-0.3, -0.25) is 9.59 Å². The normalized spacial score (nSPS) is 12.8. The van der Waals surface area contributed by atoms with E-state index in [0.717, 1.165) is 12.8 Å². The molecule has 0 saturated heterocycles. The van der Waals surface area contributed by atoms with Gasteiger partial charge in [-0.25, -0.2) is 4.79 Å². The van der Waals surface area contributed by atoms with Gasteiger partial charge >= 0.3 is 11.9 Å². The Balaban J connectivity index is 1.85. The fourth-order valence-corrected chi connectivity index (χ4v) is 3.78. The Hall–Kier alpha value is -3.07. The highest BCUT2D eigenvalue weighted by Crippen LogP contribution is 2.39. The van der Waals surface area contributed by atoms with Crippen molar-refractivity contribution in [2.24, 2.45) is 5.92 Å². The average Bonchev–Trinajstić information content (AvgIpc) is 3.52. The molecule has 160 valence electrons. The van der Waals surface area contributed by atoms with Gasteiger partial charge in [0.1, 0.15) is 10.6 Å². The van der Waals surface area contributed by atoms with E-state index in [0.29, 0.717) is 27.6 Å². The molecule has 0 bridgehead atoms. The molecule has 1 aliphatic carbocycles. The second kappa shape index (κ2) is 9.62. The van der Waals surface area contributed by atoms with Crippen LogP contribution in [0.15, 0.2) is 23.6 Å². The van der Waals surface area contributed by atoms with E-state index in [9.17, 15) is 14.4 Å². The van der Waals surface area contributed by atoms with Gasteiger partial charge in [0.15, 0.2) is 18.1 Å². The fourth-order valence-electron chi connectivity index (χ4n) is 2.81. The number of hydrogen-bond donors (Lipinski definition) is 1. The van der Waals surface area contributed by atoms with Gasteiger partial charge in [-0.05, 0) is 37.5 Å². The second-order valence-corrected chi connectivity index (χ2v) is 7.45. The van der Waals surface area contributed by atoms with Crippen LogP contribution in [-0.2, 0) is 19.1 Å². The van der Waals surface area contributed by atoms with Crippen LogP contribution < -0.4 is 14.8 Å². The largest absolute Gasteiger partial charge is 0.493 e. The molecule has 1 saturated carbocycles. The van der Waals surface area contributed by atoms with Crippen LogP contribution in [0.5, 0.6) is 11.5 Å². The molecule has 2 aromatic rings. The quantitative estimate of drug-likeness (QED) is 0.604. The summed E-state index contributed by atoms with van der Waals surface area (Å²) < 4.78 is 20.8. The number of hydrogen-bond acceptors (Lipinski definition) is 8. The van der Waals surface area contributed by atoms with Crippen LogP contribution in [0.1, 0.15) is 30.1 Å². The van der Waals surface area contributed by atoms with E-state index in [1.807, 2.05) is 0 Å². The van der Waals surface area contributed by atoms with Crippen molar-refractivity contribution in [1.82, 2.24) is 0 Å². The summed E-state index contributed by atoms with van der Waals surface area (Å²) in [5.41, 5.74) is 1.52. The number of amides is 1. The average molecular weight is 433 g/mol. The maximum absolute atomic E-state index is 12.6. The van der Waals surface area contributed by atoms with E-state index in [4.69, 9.17) is 18.9 Å². The van der Waals surface area contributed by atoms with Crippen LogP contribution in [-0.4, -0.2) is 45.3 Å². The molecule has 1 fully saturated rings. The highest BCUT2D eigenvalue weighted by Gasteiger charge is 2.31. The minimum atomic E-state index is -0.561. The monoisotopic (exact) mass is 433 g/mol. The van der Waals surface area contributed by atoms with Gasteiger partial charge in [0, 0.05) is 10.9 Å². The zero-order chi connectivity index (χ0) is 21.7. The third kappa shape index (κ3) is 4.91. The van der Waals surface area contributed by atoms with Crippen LogP contribution in [0.2, 0.25) is 0 Å². The van der Waals surface area contributed by atoms with E-state index in [2.05, 4.69) is 5.32 Å². The van der Waals surface area contributed by atoms with E-state index >= 15 is 0 Å². The number of thiophene rings is 1. The Morgan fingerprint density at radius 3 is 2.47 bits per heavy atom. The van der Waals surface area contributed by atoms with Gasteiger partial charge < -0.3 is 24.3 Å². The van der Waals surface area contributed by atoms with Gasteiger partial charge in [0.25, 0.3) is 5.91 Å². The number of esters is 2. The molecule has 1 aromatic carbocycles. The Kier molecular flexibility index (Phi) is 6.94. The van der Waals surface area contributed by atoms with Gasteiger partial charge in [-0.1, -0.05) is 6.07 Å². The molecule has 0 aliphatic heterocycles. The second-order valence-electron chi connectivity index (χ2n) is 6.57. The van der Waals surface area contributed by atoms with Crippen molar-refractivity contribution in [2.75, 3.05) is 32.8 Å². The number of methoxy groups -OCH3 is 2. The zero-order valence-electron chi connectivity index (χ0n) is 17.0. The number of carbonyl (C=O) groups is 3. The van der Waals surface area contributed by atoms with Crippen LogP contribution in [0.4, 0.5) is 5.00 Å². The highest BCUT2D eigenvalue weighted by atomic mass is 32.1. The first-order valence-electron chi connectivity index (χ1n) is 9.46. The molecule has 9 heteroatoms. The van der Waals surface area contributed by atoms with Crippen molar-refractivity contribution < 1.29 is 33.3 Å². The zero-order valence-corrected chi connectivity index (χ0v) is 17.8. The summed E-state index contributed by atoms with van der Waals surface area (Å²) in [6.45, 7) is 1.49. The lowest BCUT2D eigenvalue weighted by Gasteiger charge is -2.11. The number of rotatable bonds is 9.